The summed E-state index contributed by atoms with van der Waals surface area (Å²) in [6, 6.07) is 0. The zero-order valence-corrected chi connectivity index (χ0v) is 10.2. The van der Waals surface area contributed by atoms with Gasteiger partial charge >= 0.3 is 0 Å². The summed E-state index contributed by atoms with van der Waals surface area (Å²) < 4.78 is 0. The largest absolute Gasteiger partial charge is 0.393 e. The lowest BCUT2D eigenvalue weighted by atomic mass is 9.97. The van der Waals surface area contributed by atoms with Gasteiger partial charge in [-0.25, -0.2) is 0 Å². The average Bonchev–Trinajstić information content (AvgIpc) is 2.25. The molecule has 3 heteroatoms. The Morgan fingerprint density at radius 3 is 2.60 bits per heavy atom. The minimum absolute atomic E-state index is 0.167. The number of nitrogens with zero attached hydrogens (tertiary/aromatic N) is 1. The Balaban J connectivity index is 1.99. The molecule has 0 amide bonds. The number of hydrogen-bond donors (Lipinski definition) is 2. The maximum absolute atomic E-state index is 9.11. The highest BCUT2D eigenvalue weighted by atomic mass is 16.3. The normalized spacial score (nSPS) is 21.8. The van der Waals surface area contributed by atoms with Crippen LogP contribution in [0.1, 0.15) is 33.1 Å². The van der Waals surface area contributed by atoms with Crippen molar-refractivity contribution < 1.29 is 5.11 Å². The molecule has 1 saturated heterocycles. The molecule has 0 radical (unpaired) electrons. The van der Waals surface area contributed by atoms with Crippen LogP contribution in [0.5, 0.6) is 0 Å². The van der Waals surface area contributed by atoms with Gasteiger partial charge in [-0.3, -0.25) is 0 Å². The first-order chi connectivity index (χ1) is 7.22. The van der Waals surface area contributed by atoms with Crippen LogP contribution in [0.2, 0.25) is 0 Å². The first kappa shape index (κ1) is 12.9. The van der Waals surface area contributed by atoms with E-state index >= 15 is 0 Å². The quantitative estimate of drug-likeness (QED) is 0.650. The van der Waals surface area contributed by atoms with E-state index in [0.29, 0.717) is 0 Å². The molecule has 0 aromatic heterocycles. The number of nitrogens with one attached hydrogen (secondary N) is 1. The lowest BCUT2D eigenvalue weighted by Gasteiger charge is -2.31. The monoisotopic (exact) mass is 214 g/mol. The van der Waals surface area contributed by atoms with Gasteiger partial charge in [0, 0.05) is 0 Å². The third-order valence-corrected chi connectivity index (χ3v) is 3.33. The van der Waals surface area contributed by atoms with Crippen LogP contribution in [-0.2, 0) is 0 Å². The van der Waals surface area contributed by atoms with E-state index in [4.69, 9.17) is 5.11 Å². The van der Waals surface area contributed by atoms with E-state index in [9.17, 15) is 0 Å². The predicted molar refractivity (Wildman–Crippen MR) is 64.0 cm³/mol. The van der Waals surface area contributed by atoms with Crippen LogP contribution in [-0.4, -0.2) is 48.8 Å². The molecule has 0 aromatic carbocycles. The molecular formula is C12H26N2O. The number of hydrogen-bond acceptors (Lipinski definition) is 3. The van der Waals surface area contributed by atoms with Crippen molar-refractivity contribution in [1.29, 1.82) is 0 Å². The van der Waals surface area contributed by atoms with E-state index in [2.05, 4.69) is 17.1 Å². The Hall–Kier alpha value is -0.120. The number of likely N-dealkylation sites (tertiary alicyclic amines) is 1. The van der Waals surface area contributed by atoms with Crippen LogP contribution in [0.4, 0.5) is 0 Å². The Morgan fingerprint density at radius 2 is 2.07 bits per heavy atom. The maximum atomic E-state index is 9.11. The van der Waals surface area contributed by atoms with Crippen LogP contribution >= 0.6 is 0 Å². The van der Waals surface area contributed by atoms with Gasteiger partial charge in [0.25, 0.3) is 0 Å². The highest BCUT2D eigenvalue weighted by Crippen LogP contribution is 2.15. The summed E-state index contributed by atoms with van der Waals surface area (Å²) in [6.07, 6.45) is 3.36. The van der Waals surface area contributed by atoms with Gasteiger partial charge in [-0.1, -0.05) is 6.92 Å². The zero-order chi connectivity index (χ0) is 11.1. The van der Waals surface area contributed by atoms with Crippen molar-refractivity contribution in [3.63, 3.8) is 0 Å². The topological polar surface area (TPSA) is 35.5 Å². The van der Waals surface area contributed by atoms with Crippen molar-refractivity contribution >= 4 is 0 Å². The summed E-state index contributed by atoms with van der Waals surface area (Å²) in [4.78, 5) is 2.52. The predicted octanol–water partition coefficient (Wildman–Crippen LogP) is 1.08. The maximum Gasteiger partial charge on any atom is 0.0524 e. The van der Waals surface area contributed by atoms with Gasteiger partial charge in [0.2, 0.25) is 0 Å². The molecule has 0 aromatic rings. The molecule has 0 saturated carbocycles. The zero-order valence-electron chi connectivity index (χ0n) is 10.2. The lowest BCUT2D eigenvalue weighted by Crippen LogP contribution is -2.37. The molecule has 1 heterocycles. The molecule has 3 nitrogen and oxygen atoms in total. The Morgan fingerprint density at radius 1 is 1.40 bits per heavy atom. The minimum Gasteiger partial charge on any atom is -0.393 e. The molecule has 0 aliphatic carbocycles. The highest BCUT2D eigenvalue weighted by Gasteiger charge is 2.17. The summed E-state index contributed by atoms with van der Waals surface area (Å²) >= 11 is 0. The average molecular weight is 214 g/mol. The van der Waals surface area contributed by atoms with Gasteiger partial charge in [0.15, 0.2) is 0 Å². The molecule has 1 fully saturated rings. The summed E-state index contributed by atoms with van der Waals surface area (Å²) in [6.45, 7) is 9.89. The third-order valence-electron chi connectivity index (χ3n) is 3.33. The van der Waals surface area contributed by atoms with Gasteiger partial charge in [0.1, 0.15) is 0 Å². The molecule has 1 rings (SSSR count). The van der Waals surface area contributed by atoms with E-state index in [1.54, 1.807) is 0 Å². The number of aliphatic hydroxyl groups excluding tert-OH is 1. The van der Waals surface area contributed by atoms with Crippen molar-refractivity contribution in [2.45, 2.75) is 39.2 Å². The van der Waals surface area contributed by atoms with Gasteiger partial charge in [-0.2, -0.15) is 0 Å². The first-order valence-electron chi connectivity index (χ1n) is 6.33. The van der Waals surface area contributed by atoms with Gasteiger partial charge < -0.3 is 15.3 Å². The third kappa shape index (κ3) is 5.50. The Kier molecular flexibility index (Phi) is 6.22. The molecule has 90 valence electrons. The van der Waals surface area contributed by atoms with E-state index in [-0.39, 0.29) is 6.10 Å². The van der Waals surface area contributed by atoms with Crippen molar-refractivity contribution in [2.24, 2.45) is 5.92 Å². The molecule has 1 aliphatic rings. The molecule has 1 aliphatic heterocycles. The van der Waals surface area contributed by atoms with Crippen LogP contribution in [0, 0.1) is 5.92 Å². The smallest absolute Gasteiger partial charge is 0.0524 e. The second-order valence-electron chi connectivity index (χ2n) is 4.72. The summed E-state index contributed by atoms with van der Waals surface area (Å²) in [5.74, 6) is 0.849. The van der Waals surface area contributed by atoms with Gasteiger partial charge in [-0.15, -0.1) is 0 Å². The van der Waals surface area contributed by atoms with Crippen molar-refractivity contribution in [3.05, 3.63) is 0 Å². The fourth-order valence-corrected chi connectivity index (χ4v) is 2.12. The number of rotatable bonds is 6. The fraction of sp³-hybridized carbons (Fsp3) is 1.00. The number of aliphatic hydroxyl groups is 1. The molecular weight excluding hydrogens is 188 g/mol. The van der Waals surface area contributed by atoms with Gasteiger partial charge in [-0.05, 0) is 64.8 Å². The minimum atomic E-state index is -0.167. The second kappa shape index (κ2) is 7.20. The second-order valence-corrected chi connectivity index (χ2v) is 4.72. The van der Waals surface area contributed by atoms with E-state index in [1.807, 2.05) is 6.92 Å². The van der Waals surface area contributed by atoms with Crippen molar-refractivity contribution in [1.82, 2.24) is 10.2 Å². The van der Waals surface area contributed by atoms with Crippen molar-refractivity contribution in [2.75, 3.05) is 32.7 Å². The van der Waals surface area contributed by atoms with Crippen LogP contribution < -0.4 is 5.32 Å². The molecule has 0 spiro atoms. The van der Waals surface area contributed by atoms with E-state index in [0.717, 1.165) is 25.4 Å². The van der Waals surface area contributed by atoms with Crippen LogP contribution in [0.25, 0.3) is 0 Å². The molecule has 1 unspecified atom stereocenters. The van der Waals surface area contributed by atoms with E-state index < -0.39 is 0 Å². The summed E-state index contributed by atoms with van der Waals surface area (Å²) in [5, 5.41) is 12.6. The van der Waals surface area contributed by atoms with Crippen LogP contribution in [0.15, 0.2) is 0 Å². The fourth-order valence-electron chi connectivity index (χ4n) is 2.12. The summed E-state index contributed by atoms with van der Waals surface area (Å²) in [7, 11) is 0. The molecule has 15 heavy (non-hydrogen) atoms. The van der Waals surface area contributed by atoms with E-state index in [1.165, 1.54) is 32.5 Å². The Bertz CT molecular complexity index is 154. The SMILES string of the molecule is CCN1CCC(CNCCC(C)O)CC1. The number of piperidine rings is 1. The van der Waals surface area contributed by atoms with Crippen LogP contribution in [0.3, 0.4) is 0 Å². The first-order valence-corrected chi connectivity index (χ1v) is 6.33. The lowest BCUT2D eigenvalue weighted by molar-refractivity contribution is 0.175. The highest BCUT2D eigenvalue weighted by molar-refractivity contribution is 4.73. The van der Waals surface area contributed by atoms with Crippen molar-refractivity contribution in [3.8, 4) is 0 Å². The molecule has 1 atom stereocenters. The molecule has 0 bridgehead atoms. The molecule has 2 N–H and O–H groups in total. The summed E-state index contributed by atoms with van der Waals surface area (Å²) in [5.41, 5.74) is 0. The Labute approximate surface area is 93.9 Å². The van der Waals surface area contributed by atoms with Gasteiger partial charge in [0.05, 0.1) is 6.10 Å². The standard InChI is InChI=1S/C12H26N2O/c1-3-14-8-5-12(6-9-14)10-13-7-4-11(2)15/h11-13,15H,3-10H2,1-2H3.